The fraction of sp³-hybridized carbons (Fsp3) is 0.348. The number of urea groups is 1. The molecule has 2 amide bonds. The van der Waals surface area contributed by atoms with Gasteiger partial charge >= 0.3 is 6.03 Å². The molecule has 1 saturated heterocycles. The zero-order valence-electron chi connectivity index (χ0n) is 17.6. The summed E-state index contributed by atoms with van der Waals surface area (Å²) in [6.45, 7) is 5.66. The molecule has 1 fully saturated rings. The predicted molar refractivity (Wildman–Crippen MR) is 118 cm³/mol. The highest BCUT2D eigenvalue weighted by atomic mass is 16.5. The van der Waals surface area contributed by atoms with Crippen LogP contribution in [0.3, 0.4) is 0 Å². The van der Waals surface area contributed by atoms with Gasteiger partial charge in [0.1, 0.15) is 12.7 Å². The molecule has 1 aliphatic heterocycles. The minimum absolute atomic E-state index is 0.119. The van der Waals surface area contributed by atoms with Crippen LogP contribution >= 0.6 is 0 Å². The van der Waals surface area contributed by atoms with Gasteiger partial charge in [0, 0.05) is 19.6 Å². The second-order valence-corrected chi connectivity index (χ2v) is 7.58. The summed E-state index contributed by atoms with van der Waals surface area (Å²) in [5.41, 5.74) is 3.14. The van der Waals surface area contributed by atoms with Crippen molar-refractivity contribution in [3.8, 4) is 5.69 Å². The molecule has 0 radical (unpaired) electrons. The van der Waals surface area contributed by atoms with Crippen molar-refractivity contribution in [1.82, 2.24) is 30.3 Å². The summed E-state index contributed by atoms with van der Waals surface area (Å²) in [7, 11) is 0. The summed E-state index contributed by atoms with van der Waals surface area (Å²) in [4.78, 5) is 18.9. The first-order valence-corrected chi connectivity index (χ1v) is 10.6. The number of hydrogen-bond donors (Lipinski definition) is 2. The zero-order valence-corrected chi connectivity index (χ0v) is 17.6. The number of nitrogens with one attached hydrogen (secondary N) is 2. The van der Waals surface area contributed by atoms with Gasteiger partial charge < -0.3 is 15.4 Å². The number of ether oxygens (including phenoxy) is 1. The third-order valence-corrected chi connectivity index (χ3v) is 5.55. The summed E-state index contributed by atoms with van der Waals surface area (Å²) in [5.74, 6) is 0. The zero-order chi connectivity index (χ0) is 21.5. The minimum Gasteiger partial charge on any atom is -0.379 e. The van der Waals surface area contributed by atoms with Gasteiger partial charge in [0.25, 0.3) is 0 Å². The Morgan fingerprint density at radius 1 is 1.06 bits per heavy atom. The summed E-state index contributed by atoms with van der Waals surface area (Å²) in [6.07, 6.45) is 3.16. The van der Waals surface area contributed by atoms with E-state index in [1.807, 2.05) is 49.4 Å². The molecule has 31 heavy (non-hydrogen) atoms. The quantitative estimate of drug-likeness (QED) is 0.614. The second kappa shape index (κ2) is 10.2. The van der Waals surface area contributed by atoms with Crippen LogP contribution < -0.4 is 10.6 Å². The maximum Gasteiger partial charge on any atom is 0.315 e. The maximum atomic E-state index is 12.6. The lowest BCUT2D eigenvalue weighted by atomic mass is 10.0. The molecular formula is C23H28N6O2. The average Bonchev–Trinajstić information content (AvgIpc) is 3.36. The largest absolute Gasteiger partial charge is 0.379 e. The van der Waals surface area contributed by atoms with Crippen LogP contribution in [0.5, 0.6) is 0 Å². The second-order valence-electron chi connectivity index (χ2n) is 7.58. The normalized spacial score (nSPS) is 16.4. The van der Waals surface area contributed by atoms with Crippen LogP contribution in [0.25, 0.3) is 5.69 Å². The molecule has 162 valence electrons. The smallest absolute Gasteiger partial charge is 0.315 e. The van der Waals surface area contributed by atoms with Crippen molar-refractivity contribution in [3.63, 3.8) is 0 Å². The summed E-state index contributed by atoms with van der Waals surface area (Å²) < 4.78 is 7.19. The van der Waals surface area contributed by atoms with Crippen LogP contribution in [0.15, 0.2) is 67.3 Å². The van der Waals surface area contributed by atoms with Crippen molar-refractivity contribution in [3.05, 3.63) is 78.4 Å². The molecule has 0 bridgehead atoms. The van der Waals surface area contributed by atoms with Crippen LogP contribution in [0.2, 0.25) is 0 Å². The molecule has 0 aliphatic carbocycles. The minimum atomic E-state index is -0.179. The Bertz CT molecular complexity index is 940. The van der Waals surface area contributed by atoms with E-state index in [0.717, 1.165) is 37.6 Å². The van der Waals surface area contributed by atoms with Gasteiger partial charge in [-0.05, 0) is 30.2 Å². The lowest BCUT2D eigenvalue weighted by Gasteiger charge is -2.35. The highest BCUT2D eigenvalue weighted by molar-refractivity contribution is 5.74. The van der Waals surface area contributed by atoms with E-state index >= 15 is 0 Å². The summed E-state index contributed by atoms with van der Waals surface area (Å²) in [6, 6.07) is 18.0. The van der Waals surface area contributed by atoms with Crippen molar-refractivity contribution >= 4 is 6.03 Å². The van der Waals surface area contributed by atoms with E-state index in [-0.39, 0.29) is 18.1 Å². The number of aromatic nitrogens is 3. The fourth-order valence-corrected chi connectivity index (χ4v) is 3.80. The molecule has 2 aromatic carbocycles. The van der Waals surface area contributed by atoms with E-state index in [1.165, 1.54) is 11.9 Å². The number of carbonyl (C=O) groups is 1. The Morgan fingerprint density at radius 3 is 2.48 bits per heavy atom. The number of benzene rings is 2. The predicted octanol–water partition coefficient (Wildman–Crippen LogP) is 2.70. The molecule has 0 spiro atoms. The van der Waals surface area contributed by atoms with E-state index in [4.69, 9.17) is 4.74 Å². The molecule has 2 heterocycles. The van der Waals surface area contributed by atoms with E-state index in [2.05, 4.69) is 37.7 Å². The van der Waals surface area contributed by atoms with E-state index in [1.54, 1.807) is 11.0 Å². The summed E-state index contributed by atoms with van der Waals surface area (Å²) >= 11 is 0. The first-order valence-electron chi connectivity index (χ1n) is 10.6. The van der Waals surface area contributed by atoms with Crippen LogP contribution in [-0.4, -0.2) is 58.5 Å². The van der Waals surface area contributed by atoms with Gasteiger partial charge in [0.2, 0.25) is 0 Å². The Labute approximate surface area is 182 Å². The molecule has 1 aliphatic rings. The van der Waals surface area contributed by atoms with Gasteiger partial charge in [-0.3, -0.25) is 4.90 Å². The molecular weight excluding hydrogens is 392 g/mol. The highest BCUT2D eigenvalue weighted by Crippen LogP contribution is 2.21. The van der Waals surface area contributed by atoms with Crippen LogP contribution in [0.1, 0.15) is 30.1 Å². The number of hydrogen-bond acceptors (Lipinski definition) is 5. The molecule has 2 N–H and O–H groups in total. The highest BCUT2D eigenvalue weighted by Gasteiger charge is 2.23. The molecule has 8 heteroatoms. The first-order chi connectivity index (χ1) is 15.2. The Morgan fingerprint density at radius 2 is 1.81 bits per heavy atom. The maximum absolute atomic E-state index is 12.6. The van der Waals surface area contributed by atoms with Gasteiger partial charge in [0.15, 0.2) is 0 Å². The fourth-order valence-electron chi connectivity index (χ4n) is 3.80. The van der Waals surface area contributed by atoms with Gasteiger partial charge in [-0.25, -0.2) is 14.5 Å². The third-order valence-electron chi connectivity index (χ3n) is 5.55. The SMILES string of the molecule is CC(NC(=O)NCC(c1ccccc1)N1CCOCC1)c1ccc(-n2cncn2)cc1. The molecule has 0 saturated carbocycles. The standard InChI is InChI=1S/C23H28N6O2/c1-18(19-7-9-21(10-8-19)29-17-24-16-26-29)27-23(30)25-15-22(20-5-3-2-4-6-20)28-11-13-31-14-12-28/h2-10,16-18,22H,11-15H2,1H3,(H2,25,27,30). The molecule has 1 aromatic heterocycles. The summed E-state index contributed by atoms with van der Waals surface area (Å²) in [5, 5.41) is 10.2. The van der Waals surface area contributed by atoms with Crippen molar-refractivity contribution in [2.45, 2.75) is 19.0 Å². The van der Waals surface area contributed by atoms with Gasteiger partial charge in [0.05, 0.1) is 31.0 Å². The van der Waals surface area contributed by atoms with Crippen LogP contribution in [-0.2, 0) is 4.74 Å². The van der Waals surface area contributed by atoms with Crippen molar-refractivity contribution in [1.29, 1.82) is 0 Å². The van der Waals surface area contributed by atoms with Crippen LogP contribution in [0.4, 0.5) is 4.79 Å². The molecule has 3 aromatic rings. The van der Waals surface area contributed by atoms with E-state index < -0.39 is 0 Å². The average molecular weight is 421 g/mol. The Hall–Kier alpha value is -3.23. The number of nitrogens with zero attached hydrogens (tertiary/aromatic N) is 4. The van der Waals surface area contributed by atoms with E-state index in [0.29, 0.717) is 6.54 Å². The number of morpholine rings is 1. The Kier molecular flexibility index (Phi) is 6.91. The number of amides is 2. The van der Waals surface area contributed by atoms with Crippen molar-refractivity contribution < 1.29 is 9.53 Å². The van der Waals surface area contributed by atoms with Gasteiger partial charge in [-0.15, -0.1) is 0 Å². The first kappa shape index (κ1) is 21.0. The molecule has 2 atom stereocenters. The monoisotopic (exact) mass is 420 g/mol. The van der Waals surface area contributed by atoms with E-state index in [9.17, 15) is 4.79 Å². The lowest BCUT2D eigenvalue weighted by molar-refractivity contribution is 0.0167. The molecule has 8 nitrogen and oxygen atoms in total. The van der Waals surface area contributed by atoms with Gasteiger partial charge in [-0.1, -0.05) is 42.5 Å². The lowest BCUT2D eigenvalue weighted by Crippen LogP contribution is -2.46. The van der Waals surface area contributed by atoms with Crippen molar-refractivity contribution in [2.24, 2.45) is 0 Å². The Balaban J connectivity index is 1.34. The third kappa shape index (κ3) is 5.48. The number of rotatable bonds is 7. The molecule has 4 rings (SSSR count). The van der Waals surface area contributed by atoms with Crippen molar-refractivity contribution in [2.75, 3.05) is 32.8 Å². The molecule has 2 unspecified atom stereocenters. The van der Waals surface area contributed by atoms with Gasteiger partial charge in [-0.2, -0.15) is 5.10 Å². The topological polar surface area (TPSA) is 84.3 Å². The van der Waals surface area contributed by atoms with Crippen LogP contribution in [0, 0.1) is 0 Å². The number of carbonyl (C=O) groups excluding carboxylic acids is 1.